The fourth-order valence-corrected chi connectivity index (χ4v) is 5.90. The zero-order valence-corrected chi connectivity index (χ0v) is 21.1. The van der Waals surface area contributed by atoms with Crippen LogP contribution >= 0.6 is 11.3 Å². The van der Waals surface area contributed by atoms with Crippen LogP contribution in [-0.2, 0) is 16.0 Å². The molecular formula is C25H31N7O3S. The second kappa shape index (κ2) is 10.5. The van der Waals surface area contributed by atoms with Crippen LogP contribution in [0.5, 0.6) is 0 Å². The minimum atomic E-state index is -0.302. The Labute approximate surface area is 214 Å². The van der Waals surface area contributed by atoms with Gasteiger partial charge >= 0.3 is 6.09 Å². The van der Waals surface area contributed by atoms with Crippen molar-refractivity contribution >= 4 is 50.2 Å². The summed E-state index contributed by atoms with van der Waals surface area (Å²) in [6.45, 7) is 5.07. The van der Waals surface area contributed by atoms with Crippen molar-refractivity contribution in [3.05, 3.63) is 30.0 Å². The van der Waals surface area contributed by atoms with E-state index in [1.54, 1.807) is 16.2 Å². The number of rotatable bonds is 7. The number of hydrogen-bond acceptors (Lipinski definition) is 10. The quantitative estimate of drug-likeness (QED) is 0.480. The van der Waals surface area contributed by atoms with E-state index in [9.17, 15) is 4.79 Å². The summed E-state index contributed by atoms with van der Waals surface area (Å²) in [6.07, 6.45) is 5.82. The van der Waals surface area contributed by atoms with Crippen molar-refractivity contribution in [2.75, 3.05) is 55.0 Å². The Bertz CT molecular complexity index is 1190. The van der Waals surface area contributed by atoms with E-state index in [1.807, 2.05) is 24.3 Å². The van der Waals surface area contributed by atoms with Crippen LogP contribution in [0.1, 0.15) is 37.8 Å². The molecule has 0 bridgehead atoms. The fourth-order valence-electron chi connectivity index (χ4n) is 5.00. The van der Waals surface area contributed by atoms with E-state index in [0.29, 0.717) is 25.1 Å². The molecule has 2 N–H and O–H groups in total. The van der Waals surface area contributed by atoms with Gasteiger partial charge in [0.15, 0.2) is 5.13 Å². The highest BCUT2D eigenvalue weighted by molar-refractivity contribution is 7.22. The van der Waals surface area contributed by atoms with Gasteiger partial charge < -0.3 is 20.1 Å². The highest BCUT2D eigenvalue weighted by Crippen LogP contribution is 2.32. The number of hydrogen-bond donors (Lipinski definition) is 2. The number of carbonyl (C=O) groups excluding carboxylic acids is 1. The van der Waals surface area contributed by atoms with Gasteiger partial charge in [-0.3, -0.25) is 9.80 Å². The Kier molecular flexibility index (Phi) is 6.84. The van der Waals surface area contributed by atoms with Gasteiger partial charge in [-0.05, 0) is 31.0 Å². The van der Waals surface area contributed by atoms with Crippen LogP contribution in [0.3, 0.4) is 0 Å². The second-order valence-electron chi connectivity index (χ2n) is 9.50. The summed E-state index contributed by atoms with van der Waals surface area (Å²) in [5.41, 5.74) is 2.68. The molecule has 11 heteroatoms. The van der Waals surface area contributed by atoms with E-state index >= 15 is 0 Å². The largest absolute Gasteiger partial charge is 0.447 e. The molecule has 3 aromatic rings. The van der Waals surface area contributed by atoms with Crippen LogP contribution in [0.2, 0.25) is 0 Å². The number of carbonyl (C=O) groups is 1. The number of amides is 1. The van der Waals surface area contributed by atoms with Crippen LogP contribution in [0.25, 0.3) is 10.2 Å². The van der Waals surface area contributed by atoms with Gasteiger partial charge in [-0.1, -0.05) is 30.6 Å². The number of nitrogens with zero attached hydrogens (tertiary/aromatic N) is 5. The highest BCUT2D eigenvalue weighted by atomic mass is 32.1. The zero-order valence-electron chi connectivity index (χ0n) is 20.2. The van der Waals surface area contributed by atoms with E-state index < -0.39 is 0 Å². The summed E-state index contributed by atoms with van der Waals surface area (Å²) in [5.74, 6) is 1.40. The van der Waals surface area contributed by atoms with Crippen LogP contribution < -0.4 is 15.5 Å². The molecule has 2 aromatic heterocycles. The van der Waals surface area contributed by atoms with Crippen molar-refractivity contribution in [1.82, 2.24) is 19.9 Å². The summed E-state index contributed by atoms with van der Waals surface area (Å²) in [5, 5.41) is 7.75. The molecule has 3 aliphatic rings. The maximum Gasteiger partial charge on any atom is 0.414 e. The molecule has 1 aliphatic carbocycles. The van der Waals surface area contributed by atoms with Crippen LogP contribution in [0.4, 0.5) is 27.4 Å². The predicted molar refractivity (Wildman–Crippen MR) is 140 cm³/mol. The standard InChI is InChI=1S/C25H31N7O3S/c33-25-32(10-13-35-25)19-6-7-20-21(15-19)36-24(28-20)30-22-14-18(16-31-8-11-34-12-9-31)27-23(29-22)26-17-4-2-1-3-5-17/h6-7,14-15,17H,1-5,8-13,16H2,(H2,26,27,28,29,30). The fraction of sp³-hybridized carbons (Fsp3) is 0.520. The molecule has 0 atom stereocenters. The maximum atomic E-state index is 12.0. The summed E-state index contributed by atoms with van der Waals surface area (Å²) in [6, 6.07) is 8.28. The summed E-state index contributed by atoms with van der Waals surface area (Å²) < 4.78 is 11.6. The van der Waals surface area contributed by atoms with E-state index in [4.69, 9.17) is 24.4 Å². The average Bonchev–Trinajstić information content (AvgIpc) is 3.50. The summed E-state index contributed by atoms with van der Waals surface area (Å²) in [7, 11) is 0. The van der Waals surface area contributed by atoms with Crippen molar-refractivity contribution in [2.24, 2.45) is 0 Å². The van der Waals surface area contributed by atoms with Crippen molar-refractivity contribution < 1.29 is 14.3 Å². The van der Waals surface area contributed by atoms with Gasteiger partial charge in [0, 0.05) is 37.4 Å². The van der Waals surface area contributed by atoms with Gasteiger partial charge in [0.25, 0.3) is 0 Å². The lowest BCUT2D eigenvalue weighted by Crippen LogP contribution is -2.36. The molecule has 1 saturated carbocycles. The molecule has 4 heterocycles. The molecule has 190 valence electrons. The number of morpholine rings is 1. The molecule has 2 aliphatic heterocycles. The number of fused-ring (bicyclic) bond motifs is 1. The van der Waals surface area contributed by atoms with Crippen LogP contribution in [-0.4, -0.2) is 71.4 Å². The minimum absolute atomic E-state index is 0.302. The number of cyclic esters (lactones) is 1. The molecular weight excluding hydrogens is 478 g/mol. The molecule has 0 unspecified atom stereocenters. The Balaban J connectivity index is 1.24. The van der Waals surface area contributed by atoms with Gasteiger partial charge in [0.2, 0.25) is 5.95 Å². The first-order valence-electron chi connectivity index (χ1n) is 12.8. The molecule has 36 heavy (non-hydrogen) atoms. The van der Waals surface area contributed by atoms with Gasteiger partial charge in [0.1, 0.15) is 12.4 Å². The van der Waals surface area contributed by atoms with E-state index in [0.717, 1.165) is 78.2 Å². The normalized spacial score (nSPS) is 19.6. The van der Waals surface area contributed by atoms with E-state index in [1.165, 1.54) is 19.3 Å². The third-order valence-corrected chi connectivity index (χ3v) is 7.82. The van der Waals surface area contributed by atoms with Gasteiger partial charge in [-0.2, -0.15) is 4.98 Å². The lowest BCUT2D eigenvalue weighted by Gasteiger charge is -2.27. The minimum Gasteiger partial charge on any atom is -0.447 e. The van der Waals surface area contributed by atoms with Crippen LogP contribution in [0, 0.1) is 0 Å². The molecule has 0 radical (unpaired) electrons. The molecule has 10 nitrogen and oxygen atoms in total. The van der Waals surface area contributed by atoms with Crippen molar-refractivity contribution in [3.8, 4) is 0 Å². The first-order valence-corrected chi connectivity index (χ1v) is 13.6. The number of aromatic nitrogens is 3. The van der Waals surface area contributed by atoms with Gasteiger partial charge in [-0.25, -0.2) is 14.8 Å². The molecule has 6 rings (SSSR count). The van der Waals surface area contributed by atoms with Crippen molar-refractivity contribution in [1.29, 1.82) is 0 Å². The third-order valence-electron chi connectivity index (χ3n) is 6.89. The Hall–Kier alpha value is -3.02. The number of thiazole rings is 1. The molecule has 3 fully saturated rings. The summed E-state index contributed by atoms with van der Waals surface area (Å²) >= 11 is 1.54. The second-order valence-corrected chi connectivity index (χ2v) is 10.5. The highest BCUT2D eigenvalue weighted by Gasteiger charge is 2.24. The first kappa shape index (κ1) is 23.4. The predicted octanol–water partition coefficient (Wildman–Crippen LogP) is 4.36. The third kappa shape index (κ3) is 5.37. The smallest absolute Gasteiger partial charge is 0.414 e. The Morgan fingerprint density at radius 2 is 1.86 bits per heavy atom. The van der Waals surface area contributed by atoms with E-state index in [-0.39, 0.29) is 6.09 Å². The topological polar surface area (TPSA) is 105 Å². The van der Waals surface area contributed by atoms with Crippen molar-refractivity contribution in [2.45, 2.75) is 44.7 Å². The summed E-state index contributed by atoms with van der Waals surface area (Å²) in [4.78, 5) is 30.4. The number of nitrogens with one attached hydrogen (secondary N) is 2. The van der Waals surface area contributed by atoms with E-state index in [2.05, 4.69) is 15.5 Å². The van der Waals surface area contributed by atoms with Gasteiger partial charge in [0.05, 0.1) is 35.7 Å². The lowest BCUT2D eigenvalue weighted by molar-refractivity contribution is 0.0336. The monoisotopic (exact) mass is 509 g/mol. The number of benzene rings is 1. The lowest BCUT2D eigenvalue weighted by atomic mass is 9.96. The first-order chi connectivity index (χ1) is 17.7. The average molecular weight is 510 g/mol. The zero-order chi connectivity index (χ0) is 24.3. The maximum absolute atomic E-state index is 12.0. The van der Waals surface area contributed by atoms with Gasteiger partial charge in [-0.15, -0.1) is 0 Å². The SMILES string of the molecule is O=C1OCCN1c1ccc2nc(Nc3cc(CN4CCOCC4)nc(NC4CCCCC4)n3)sc2c1. The van der Waals surface area contributed by atoms with Crippen LogP contribution in [0.15, 0.2) is 24.3 Å². The molecule has 2 saturated heterocycles. The number of ether oxygens (including phenoxy) is 2. The molecule has 1 amide bonds. The Morgan fingerprint density at radius 3 is 2.67 bits per heavy atom. The molecule has 0 spiro atoms. The van der Waals surface area contributed by atoms with Crippen molar-refractivity contribution in [3.63, 3.8) is 0 Å². The Morgan fingerprint density at radius 1 is 1.00 bits per heavy atom. The molecule has 1 aromatic carbocycles. The number of anilines is 4.